The van der Waals surface area contributed by atoms with Crippen LogP contribution in [0.4, 0.5) is 4.39 Å². The van der Waals surface area contributed by atoms with Gasteiger partial charge in [-0.2, -0.15) is 5.26 Å². The smallest absolute Gasteiger partial charge is 0.169 e. The van der Waals surface area contributed by atoms with Crippen LogP contribution in [-0.4, -0.2) is 17.3 Å². The molecule has 17 heavy (non-hydrogen) atoms. The number of aliphatic hydroxyl groups excluding tert-OH is 1. The van der Waals surface area contributed by atoms with Crippen molar-refractivity contribution in [3.05, 3.63) is 34.6 Å². The molecule has 3 nitrogen and oxygen atoms in total. The predicted molar refractivity (Wildman–Crippen MR) is 62.0 cm³/mol. The van der Waals surface area contributed by atoms with E-state index in [1.165, 1.54) is 12.1 Å². The van der Waals surface area contributed by atoms with Gasteiger partial charge in [-0.25, -0.2) is 4.39 Å². The lowest BCUT2D eigenvalue weighted by Gasteiger charge is -2.19. The summed E-state index contributed by atoms with van der Waals surface area (Å²) in [6, 6.07) is 5.70. The highest BCUT2D eigenvalue weighted by atomic mass is 35.5. The molecule has 0 saturated heterocycles. The summed E-state index contributed by atoms with van der Waals surface area (Å²) in [5, 5.41) is 18.5. The van der Waals surface area contributed by atoms with Crippen LogP contribution >= 0.6 is 11.6 Å². The molecule has 0 bridgehead atoms. The Hall–Kier alpha value is -1.15. The van der Waals surface area contributed by atoms with Gasteiger partial charge in [0.25, 0.3) is 0 Å². The monoisotopic (exact) mass is 257 g/mol. The van der Waals surface area contributed by atoms with E-state index in [2.05, 4.69) is 0 Å². The molecule has 5 heteroatoms. The number of halogens is 2. The van der Waals surface area contributed by atoms with E-state index in [1.54, 1.807) is 13.8 Å². The van der Waals surface area contributed by atoms with E-state index in [1.807, 2.05) is 6.07 Å². The Labute approximate surface area is 104 Å². The number of nitriles is 1. The van der Waals surface area contributed by atoms with Crippen molar-refractivity contribution in [2.75, 3.05) is 0 Å². The highest BCUT2D eigenvalue weighted by Crippen LogP contribution is 2.23. The molecular weight excluding hydrogens is 245 g/mol. The van der Waals surface area contributed by atoms with E-state index >= 15 is 0 Å². The van der Waals surface area contributed by atoms with Crippen LogP contribution in [-0.2, 0) is 4.74 Å². The molecule has 0 radical (unpaired) electrons. The number of hydrogen-bond acceptors (Lipinski definition) is 3. The van der Waals surface area contributed by atoms with Crippen LogP contribution in [0.3, 0.4) is 0 Å². The van der Waals surface area contributed by atoms with Crippen molar-refractivity contribution in [1.29, 1.82) is 5.26 Å². The zero-order chi connectivity index (χ0) is 13.0. The third kappa shape index (κ3) is 3.97. The number of benzene rings is 1. The van der Waals surface area contributed by atoms with Gasteiger partial charge in [-0.3, -0.25) is 0 Å². The third-order valence-corrected chi connectivity index (χ3v) is 2.55. The Morgan fingerprint density at radius 1 is 1.41 bits per heavy atom. The standard InChI is InChI=1S/C12H13ClFNO2/c1-7(16)8(2)17-12(6-15)9-3-10(13)5-11(14)4-9/h3-5,7-8,12,16H,1-2H3. The first kappa shape index (κ1) is 13.9. The zero-order valence-electron chi connectivity index (χ0n) is 9.52. The van der Waals surface area contributed by atoms with Crippen LogP contribution in [0.2, 0.25) is 5.02 Å². The molecule has 0 aliphatic carbocycles. The number of nitrogens with zero attached hydrogens (tertiary/aromatic N) is 1. The predicted octanol–water partition coefficient (Wildman–Crippen LogP) is 2.83. The Kier molecular flexibility index (Phi) is 4.88. The molecule has 0 saturated carbocycles. The number of aliphatic hydroxyl groups is 1. The first-order valence-electron chi connectivity index (χ1n) is 5.13. The second-order valence-electron chi connectivity index (χ2n) is 3.79. The van der Waals surface area contributed by atoms with Gasteiger partial charge in [0.1, 0.15) is 5.82 Å². The first-order valence-corrected chi connectivity index (χ1v) is 5.51. The summed E-state index contributed by atoms with van der Waals surface area (Å²) in [6.45, 7) is 3.19. The normalized spacial score (nSPS) is 16.0. The van der Waals surface area contributed by atoms with Gasteiger partial charge in [0, 0.05) is 5.02 Å². The van der Waals surface area contributed by atoms with Gasteiger partial charge in [-0.05, 0) is 37.6 Å². The molecule has 1 aromatic rings. The summed E-state index contributed by atoms with van der Waals surface area (Å²) < 4.78 is 18.4. The zero-order valence-corrected chi connectivity index (χ0v) is 10.3. The van der Waals surface area contributed by atoms with Crippen LogP contribution in [0.15, 0.2) is 18.2 Å². The molecule has 0 heterocycles. The maximum absolute atomic E-state index is 13.1. The van der Waals surface area contributed by atoms with Crippen LogP contribution in [0.5, 0.6) is 0 Å². The second kappa shape index (κ2) is 5.97. The van der Waals surface area contributed by atoms with Crippen molar-refractivity contribution < 1.29 is 14.2 Å². The number of hydrogen-bond donors (Lipinski definition) is 1. The number of ether oxygens (including phenoxy) is 1. The molecule has 1 N–H and O–H groups in total. The lowest BCUT2D eigenvalue weighted by molar-refractivity contribution is -0.0426. The van der Waals surface area contributed by atoms with Gasteiger partial charge in [0.05, 0.1) is 18.3 Å². The Morgan fingerprint density at radius 3 is 2.53 bits per heavy atom. The first-order chi connectivity index (χ1) is 7.93. The molecule has 1 rings (SSSR count). The van der Waals surface area contributed by atoms with E-state index in [0.29, 0.717) is 5.56 Å². The number of rotatable bonds is 4. The Balaban J connectivity index is 2.91. The van der Waals surface area contributed by atoms with Gasteiger partial charge in [0.2, 0.25) is 0 Å². The van der Waals surface area contributed by atoms with E-state index in [9.17, 15) is 9.50 Å². The van der Waals surface area contributed by atoms with Crippen molar-refractivity contribution in [3.63, 3.8) is 0 Å². The second-order valence-corrected chi connectivity index (χ2v) is 4.23. The minimum Gasteiger partial charge on any atom is -0.391 e. The molecule has 1 aromatic carbocycles. The lowest BCUT2D eigenvalue weighted by atomic mass is 10.1. The summed E-state index contributed by atoms with van der Waals surface area (Å²) in [5.41, 5.74) is 0.338. The molecule has 92 valence electrons. The largest absolute Gasteiger partial charge is 0.391 e. The summed E-state index contributed by atoms with van der Waals surface area (Å²) in [5.74, 6) is -0.527. The molecule has 0 spiro atoms. The van der Waals surface area contributed by atoms with Gasteiger partial charge < -0.3 is 9.84 Å². The maximum atomic E-state index is 13.1. The van der Waals surface area contributed by atoms with Crippen LogP contribution < -0.4 is 0 Å². The quantitative estimate of drug-likeness (QED) is 0.902. The highest BCUT2D eigenvalue weighted by Gasteiger charge is 2.19. The highest BCUT2D eigenvalue weighted by molar-refractivity contribution is 6.30. The van der Waals surface area contributed by atoms with Crippen LogP contribution in [0.1, 0.15) is 25.5 Å². The fourth-order valence-corrected chi connectivity index (χ4v) is 1.47. The summed E-state index contributed by atoms with van der Waals surface area (Å²) in [7, 11) is 0. The molecule has 0 fully saturated rings. The van der Waals surface area contributed by atoms with E-state index in [0.717, 1.165) is 6.07 Å². The van der Waals surface area contributed by atoms with E-state index in [-0.39, 0.29) is 5.02 Å². The third-order valence-electron chi connectivity index (χ3n) is 2.33. The van der Waals surface area contributed by atoms with Crippen LogP contribution in [0.25, 0.3) is 0 Å². The molecule has 3 unspecified atom stereocenters. The fraction of sp³-hybridized carbons (Fsp3) is 0.417. The van der Waals surface area contributed by atoms with Crippen molar-refractivity contribution in [2.24, 2.45) is 0 Å². The average molecular weight is 258 g/mol. The van der Waals surface area contributed by atoms with E-state index in [4.69, 9.17) is 21.6 Å². The molecule has 0 amide bonds. The Bertz CT molecular complexity index is 411. The minimum atomic E-state index is -0.951. The minimum absolute atomic E-state index is 0.202. The van der Waals surface area contributed by atoms with E-state index < -0.39 is 24.1 Å². The molecule has 0 aliphatic heterocycles. The summed E-state index contributed by atoms with van der Waals surface area (Å²) in [6.07, 6.45) is -2.19. The summed E-state index contributed by atoms with van der Waals surface area (Å²) >= 11 is 5.70. The Morgan fingerprint density at radius 2 is 2.06 bits per heavy atom. The fourth-order valence-electron chi connectivity index (χ4n) is 1.24. The maximum Gasteiger partial charge on any atom is 0.169 e. The molecule has 0 aliphatic rings. The van der Waals surface area contributed by atoms with Gasteiger partial charge in [-0.15, -0.1) is 0 Å². The van der Waals surface area contributed by atoms with Gasteiger partial charge in [-0.1, -0.05) is 11.6 Å². The topological polar surface area (TPSA) is 53.2 Å². The van der Waals surface area contributed by atoms with Crippen molar-refractivity contribution >= 4 is 11.6 Å². The van der Waals surface area contributed by atoms with Gasteiger partial charge >= 0.3 is 0 Å². The summed E-state index contributed by atoms with van der Waals surface area (Å²) in [4.78, 5) is 0. The molecule has 3 atom stereocenters. The molecule has 0 aromatic heterocycles. The average Bonchev–Trinajstić information content (AvgIpc) is 2.23. The van der Waals surface area contributed by atoms with Crippen LogP contribution in [0, 0.1) is 17.1 Å². The SMILES string of the molecule is CC(O)C(C)OC(C#N)c1cc(F)cc(Cl)c1. The molecular formula is C12H13ClFNO2. The van der Waals surface area contributed by atoms with Crippen molar-refractivity contribution in [2.45, 2.75) is 32.2 Å². The van der Waals surface area contributed by atoms with Gasteiger partial charge in [0.15, 0.2) is 6.10 Å². The van der Waals surface area contributed by atoms with Crippen molar-refractivity contribution in [3.8, 4) is 6.07 Å². The lowest BCUT2D eigenvalue weighted by Crippen LogP contribution is -2.24. The van der Waals surface area contributed by atoms with Crippen molar-refractivity contribution in [1.82, 2.24) is 0 Å².